The van der Waals surface area contributed by atoms with Gasteiger partial charge in [-0.2, -0.15) is 0 Å². The van der Waals surface area contributed by atoms with Gasteiger partial charge in [0.2, 0.25) is 5.91 Å². The van der Waals surface area contributed by atoms with Crippen molar-refractivity contribution in [3.8, 4) is 5.75 Å². The average molecular weight is 409 g/mol. The van der Waals surface area contributed by atoms with Crippen LogP contribution in [0.25, 0.3) is 0 Å². The molecular formula is C23H28N4O3. The van der Waals surface area contributed by atoms with Gasteiger partial charge < -0.3 is 19.9 Å². The Kier molecular flexibility index (Phi) is 6.01. The first kappa shape index (κ1) is 20.4. The van der Waals surface area contributed by atoms with Crippen LogP contribution >= 0.6 is 0 Å². The Morgan fingerprint density at radius 3 is 2.60 bits per heavy atom. The van der Waals surface area contributed by atoms with E-state index in [0.717, 1.165) is 44.0 Å². The molecule has 0 bridgehead atoms. The van der Waals surface area contributed by atoms with Crippen LogP contribution in [0.2, 0.25) is 0 Å². The van der Waals surface area contributed by atoms with Crippen LogP contribution in [0.15, 0.2) is 42.5 Å². The molecule has 7 nitrogen and oxygen atoms in total. The average Bonchev–Trinajstić information content (AvgIpc) is 3.04. The molecule has 30 heavy (non-hydrogen) atoms. The maximum atomic E-state index is 13.0. The number of benzene rings is 2. The van der Waals surface area contributed by atoms with E-state index in [9.17, 15) is 9.59 Å². The van der Waals surface area contributed by atoms with Gasteiger partial charge in [0.05, 0.1) is 12.1 Å². The highest BCUT2D eigenvalue weighted by Crippen LogP contribution is 2.31. The van der Waals surface area contributed by atoms with Crippen LogP contribution in [0.3, 0.4) is 0 Å². The predicted molar refractivity (Wildman–Crippen MR) is 117 cm³/mol. The number of hydrogen-bond donors (Lipinski definition) is 1. The van der Waals surface area contributed by atoms with Gasteiger partial charge in [0.15, 0.2) is 0 Å². The van der Waals surface area contributed by atoms with Crippen LogP contribution in [0.5, 0.6) is 5.75 Å². The van der Waals surface area contributed by atoms with Crippen molar-refractivity contribution < 1.29 is 14.3 Å². The number of ether oxygens (including phenoxy) is 1. The van der Waals surface area contributed by atoms with E-state index in [1.54, 1.807) is 24.1 Å². The molecule has 158 valence electrons. The highest BCUT2D eigenvalue weighted by Gasteiger charge is 2.28. The third kappa shape index (κ3) is 4.32. The van der Waals surface area contributed by atoms with E-state index in [2.05, 4.69) is 22.2 Å². The third-order valence-electron chi connectivity index (χ3n) is 5.86. The fraction of sp³-hybridized carbons (Fsp3) is 0.391. The third-order valence-corrected chi connectivity index (χ3v) is 5.86. The largest absolute Gasteiger partial charge is 0.490 e. The van der Waals surface area contributed by atoms with Gasteiger partial charge in [-0.1, -0.05) is 18.2 Å². The lowest BCUT2D eigenvalue weighted by Crippen LogP contribution is -2.45. The Morgan fingerprint density at radius 1 is 1.03 bits per heavy atom. The quantitative estimate of drug-likeness (QED) is 0.793. The molecule has 0 atom stereocenters. The molecule has 0 spiro atoms. The van der Waals surface area contributed by atoms with Gasteiger partial charge >= 0.3 is 0 Å². The Hall–Kier alpha value is -2.90. The van der Waals surface area contributed by atoms with E-state index >= 15 is 0 Å². The number of carbonyl (C=O) groups excluding carboxylic acids is 2. The minimum atomic E-state index is -0.231. The number of carbonyl (C=O) groups is 2. The predicted octanol–water partition coefficient (Wildman–Crippen LogP) is 2.08. The first-order valence-electron chi connectivity index (χ1n) is 10.4. The monoisotopic (exact) mass is 408 g/mol. The van der Waals surface area contributed by atoms with Crippen LogP contribution in [0.1, 0.15) is 15.9 Å². The van der Waals surface area contributed by atoms with Gasteiger partial charge in [-0.3, -0.25) is 14.5 Å². The van der Waals surface area contributed by atoms with Gasteiger partial charge in [0.25, 0.3) is 5.91 Å². The summed E-state index contributed by atoms with van der Waals surface area (Å²) in [5, 5.41) is 2.97. The highest BCUT2D eigenvalue weighted by molar-refractivity contribution is 6.11. The van der Waals surface area contributed by atoms with Crippen LogP contribution in [-0.4, -0.2) is 75.0 Å². The molecule has 2 heterocycles. The van der Waals surface area contributed by atoms with Gasteiger partial charge in [0.1, 0.15) is 12.4 Å². The lowest BCUT2D eigenvalue weighted by molar-refractivity contribution is -0.117. The zero-order chi connectivity index (χ0) is 21.1. The van der Waals surface area contributed by atoms with Crippen LogP contribution in [0.4, 0.5) is 11.4 Å². The minimum absolute atomic E-state index is 0.00195. The zero-order valence-corrected chi connectivity index (χ0v) is 17.6. The number of amides is 2. The maximum Gasteiger partial charge on any atom is 0.256 e. The fourth-order valence-corrected chi connectivity index (χ4v) is 3.93. The molecular weight excluding hydrogens is 380 g/mol. The van der Waals surface area contributed by atoms with Gasteiger partial charge in [-0.15, -0.1) is 0 Å². The molecule has 1 N–H and O–H groups in total. The molecule has 4 rings (SSSR count). The summed E-state index contributed by atoms with van der Waals surface area (Å²) in [5.41, 5.74) is 2.73. The molecule has 2 aromatic carbocycles. The van der Waals surface area contributed by atoms with Gasteiger partial charge in [0, 0.05) is 51.0 Å². The standard InChI is InChI=1S/C23H28N4O3/c1-25-10-12-27(13-11-25)14-15-30-21-9-4-3-7-19(21)24-23(29)17-6-5-8-20-18(17)16-22(28)26(20)2/h3-9H,10-16H2,1-2H3,(H,24,29). The van der Waals surface area contributed by atoms with Crippen molar-refractivity contribution in [2.75, 3.05) is 63.6 Å². The van der Waals surface area contributed by atoms with Crippen molar-refractivity contribution in [2.24, 2.45) is 0 Å². The molecule has 2 aliphatic rings. The summed E-state index contributed by atoms with van der Waals surface area (Å²) in [7, 11) is 3.88. The molecule has 2 amide bonds. The number of nitrogens with one attached hydrogen (secondary N) is 1. The Morgan fingerprint density at radius 2 is 1.80 bits per heavy atom. The molecule has 0 saturated carbocycles. The number of nitrogens with zero attached hydrogens (tertiary/aromatic N) is 3. The normalized spacial score (nSPS) is 17.1. The zero-order valence-electron chi connectivity index (χ0n) is 17.6. The summed E-state index contributed by atoms with van der Waals surface area (Å²) in [6, 6.07) is 12.9. The smallest absolute Gasteiger partial charge is 0.256 e. The van der Waals surface area contributed by atoms with Crippen LogP contribution in [-0.2, 0) is 11.2 Å². The summed E-state index contributed by atoms with van der Waals surface area (Å²) in [5.74, 6) is 0.420. The van der Waals surface area contributed by atoms with Crippen molar-refractivity contribution in [3.05, 3.63) is 53.6 Å². The van der Waals surface area contributed by atoms with Crippen molar-refractivity contribution in [1.82, 2.24) is 9.80 Å². The maximum absolute atomic E-state index is 13.0. The fourth-order valence-electron chi connectivity index (χ4n) is 3.93. The minimum Gasteiger partial charge on any atom is -0.490 e. The van der Waals surface area contributed by atoms with E-state index < -0.39 is 0 Å². The van der Waals surface area contributed by atoms with E-state index in [1.807, 2.05) is 30.3 Å². The number of rotatable bonds is 6. The summed E-state index contributed by atoms with van der Waals surface area (Å²) < 4.78 is 6.00. The molecule has 7 heteroatoms. The van der Waals surface area contributed by atoms with Gasteiger partial charge in [-0.05, 0) is 36.9 Å². The van der Waals surface area contributed by atoms with Crippen LogP contribution < -0.4 is 15.0 Å². The van der Waals surface area contributed by atoms with E-state index in [1.165, 1.54) is 0 Å². The second kappa shape index (κ2) is 8.85. The SMILES string of the molecule is CN1CCN(CCOc2ccccc2NC(=O)c2cccc3c2CC(=O)N3C)CC1. The van der Waals surface area contributed by atoms with Crippen molar-refractivity contribution in [1.29, 1.82) is 0 Å². The van der Waals surface area contributed by atoms with E-state index in [-0.39, 0.29) is 18.2 Å². The Bertz CT molecular complexity index is 938. The molecule has 2 aromatic rings. The van der Waals surface area contributed by atoms with Crippen LogP contribution in [0, 0.1) is 0 Å². The lowest BCUT2D eigenvalue weighted by atomic mass is 10.0. The Labute approximate surface area is 177 Å². The number of fused-ring (bicyclic) bond motifs is 1. The second-order valence-electron chi connectivity index (χ2n) is 7.88. The number of para-hydroxylation sites is 2. The first-order valence-corrected chi connectivity index (χ1v) is 10.4. The van der Waals surface area contributed by atoms with E-state index in [4.69, 9.17) is 4.74 Å². The molecule has 0 radical (unpaired) electrons. The molecule has 1 saturated heterocycles. The second-order valence-corrected chi connectivity index (χ2v) is 7.88. The van der Waals surface area contributed by atoms with Crippen molar-refractivity contribution in [2.45, 2.75) is 6.42 Å². The molecule has 0 unspecified atom stereocenters. The first-order chi connectivity index (χ1) is 14.5. The molecule has 1 fully saturated rings. The topological polar surface area (TPSA) is 65.1 Å². The summed E-state index contributed by atoms with van der Waals surface area (Å²) in [6.07, 6.45) is 0.249. The summed E-state index contributed by atoms with van der Waals surface area (Å²) >= 11 is 0. The number of piperazine rings is 1. The summed E-state index contributed by atoms with van der Waals surface area (Å²) in [4.78, 5) is 31.4. The number of likely N-dealkylation sites (N-methyl/N-ethyl adjacent to an activating group) is 2. The highest BCUT2D eigenvalue weighted by atomic mass is 16.5. The molecule has 0 aromatic heterocycles. The van der Waals surface area contributed by atoms with E-state index in [0.29, 0.717) is 23.6 Å². The van der Waals surface area contributed by atoms with Crippen molar-refractivity contribution in [3.63, 3.8) is 0 Å². The van der Waals surface area contributed by atoms with Gasteiger partial charge in [-0.25, -0.2) is 0 Å². The van der Waals surface area contributed by atoms with Crippen molar-refractivity contribution >= 4 is 23.2 Å². The molecule has 2 aliphatic heterocycles. The number of hydrogen-bond acceptors (Lipinski definition) is 5. The number of anilines is 2. The Balaban J connectivity index is 1.41. The molecule has 0 aliphatic carbocycles. The lowest BCUT2D eigenvalue weighted by Gasteiger charge is -2.32. The summed E-state index contributed by atoms with van der Waals surface area (Å²) in [6.45, 7) is 5.67.